The Morgan fingerprint density at radius 2 is 1.50 bits per heavy atom. The lowest BCUT2D eigenvalue weighted by molar-refractivity contribution is -0.118. The van der Waals surface area contributed by atoms with Gasteiger partial charge in [-0.3, -0.25) is 4.79 Å². The third-order valence-electron chi connectivity index (χ3n) is 2.57. The Morgan fingerprint density at radius 1 is 1.00 bits per heavy atom. The van der Waals surface area contributed by atoms with Crippen LogP contribution in [0.25, 0.3) is 0 Å². The van der Waals surface area contributed by atoms with Crippen LogP contribution >= 0.6 is 12.4 Å². The van der Waals surface area contributed by atoms with Crippen molar-refractivity contribution in [3.63, 3.8) is 0 Å². The quantitative estimate of drug-likeness (QED) is 0.800. The molecule has 18 heavy (non-hydrogen) atoms. The summed E-state index contributed by atoms with van der Waals surface area (Å²) < 4.78 is 15.6. The molecule has 0 aromatic heterocycles. The van der Waals surface area contributed by atoms with Gasteiger partial charge in [0.15, 0.2) is 11.5 Å². The Bertz CT molecular complexity index is 404. The van der Waals surface area contributed by atoms with Gasteiger partial charge in [-0.2, -0.15) is 0 Å². The first-order chi connectivity index (χ1) is 8.15. The van der Waals surface area contributed by atoms with E-state index in [2.05, 4.69) is 0 Å². The molecule has 1 rings (SSSR count). The second-order valence-electron chi connectivity index (χ2n) is 3.59. The number of Topliss-reactive ketones (excluding diaryl/α,β-unsaturated/α-hetero) is 1. The van der Waals surface area contributed by atoms with E-state index >= 15 is 0 Å². The molecule has 0 fully saturated rings. The molecule has 0 saturated carbocycles. The summed E-state index contributed by atoms with van der Waals surface area (Å²) >= 11 is 0. The predicted octanol–water partition coefficient (Wildman–Crippen LogP) is 2.66. The Morgan fingerprint density at radius 3 is 1.94 bits per heavy atom. The largest absolute Gasteiger partial charge is 0.496 e. The van der Waals surface area contributed by atoms with Crippen molar-refractivity contribution in [2.75, 3.05) is 21.3 Å². The number of rotatable bonds is 6. The summed E-state index contributed by atoms with van der Waals surface area (Å²) in [6, 6.07) is 3.52. The Hall–Kier alpha value is -1.42. The summed E-state index contributed by atoms with van der Waals surface area (Å²) in [7, 11) is 4.70. The molecule has 5 heteroatoms. The summed E-state index contributed by atoms with van der Waals surface area (Å²) in [5.41, 5.74) is 0.817. The first-order valence-electron chi connectivity index (χ1n) is 5.46. The van der Waals surface area contributed by atoms with Crippen LogP contribution in [0, 0.1) is 0 Å². The topological polar surface area (TPSA) is 44.8 Å². The van der Waals surface area contributed by atoms with E-state index in [0.717, 1.165) is 5.56 Å². The summed E-state index contributed by atoms with van der Waals surface area (Å²) in [6.45, 7) is 1.84. The van der Waals surface area contributed by atoms with Crippen LogP contribution in [0.1, 0.15) is 18.9 Å². The number of carbonyl (C=O) groups is 1. The fraction of sp³-hybridized carbons (Fsp3) is 0.462. The van der Waals surface area contributed by atoms with Crippen molar-refractivity contribution in [2.45, 2.75) is 19.8 Å². The zero-order chi connectivity index (χ0) is 12.8. The van der Waals surface area contributed by atoms with Crippen molar-refractivity contribution in [1.29, 1.82) is 0 Å². The minimum absolute atomic E-state index is 0. The van der Waals surface area contributed by atoms with Gasteiger partial charge in [0.1, 0.15) is 11.5 Å². The van der Waals surface area contributed by atoms with E-state index in [4.69, 9.17) is 14.2 Å². The number of halogens is 1. The van der Waals surface area contributed by atoms with Gasteiger partial charge >= 0.3 is 0 Å². The van der Waals surface area contributed by atoms with Crippen molar-refractivity contribution >= 4 is 18.2 Å². The number of benzene rings is 1. The monoisotopic (exact) mass is 274 g/mol. The van der Waals surface area contributed by atoms with Crippen LogP contribution in [-0.2, 0) is 11.2 Å². The molecule has 0 bridgehead atoms. The average Bonchev–Trinajstić information content (AvgIpc) is 2.37. The fourth-order valence-corrected chi connectivity index (χ4v) is 1.57. The van der Waals surface area contributed by atoms with E-state index in [1.165, 1.54) is 0 Å². The SMILES string of the molecule is CCC(=O)Cc1cc(OC)c(OC)cc1OC.Cl. The Balaban J connectivity index is 0.00000289. The highest BCUT2D eigenvalue weighted by Crippen LogP contribution is 2.34. The van der Waals surface area contributed by atoms with Crippen LogP contribution in [0.5, 0.6) is 17.2 Å². The van der Waals surface area contributed by atoms with Gasteiger partial charge in [0, 0.05) is 24.5 Å². The van der Waals surface area contributed by atoms with Gasteiger partial charge in [-0.25, -0.2) is 0 Å². The molecule has 0 atom stereocenters. The highest BCUT2D eigenvalue weighted by atomic mass is 35.5. The van der Waals surface area contributed by atoms with Crippen molar-refractivity contribution in [1.82, 2.24) is 0 Å². The van der Waals surface area contributed by atoms with Crippen molar-refractivity contribution in [2.24, 2.45) is 0 Å². The summed E-state index contributed by atoms with van der Waals surface area (Å²) in [4.78, 5) is 11.5. The normalized spacial score (nSPS) is 9.33. The molecule has 0 aliphatic heterocycles. The zero-order valence-corrected chi connectivity index (χ0v) is 11.9. The molecule has 102 valence electrons. The smallest absolute Gasteiger partial charge is 0.164 e. The standard InChI is InChI=1S/C13H18O4.ClH/c1-5-10(14)6-9-7-12(16-3)13(17-4)8-11(9)15-2;/h7-8H,5-6H2,1-4H3;1H. The lowest BCUT2D eigenvalue weighted by Gasteiger charge is -2.13. The summed E-state index contributed by atoms with van der Waals surface area (Å²) in [5, 5.41) is 0. The van der Waals surface area contributed by atoms with Gasteiger partial charge < -0.3 is 14.2 Å². The van der Waals surface area contributed by atoms with E-state index in [1.54, 1.807) is 33.5 Å². The second-order valence-corrected chi connectivity index (χ2v) is 3.59. The maximum absolute atomic E-state index is 11.5. The molecule has 1 aromatic carbocycles. The number of hydrogen-bond donors (Lipinski definition) is 0. The maximum atomic E-state index is 11.5. The van der Waals surface area contributed by atoms with Gasteiger partial charge in [-0.05, 0) is 6.07 Å². The fourth-order valence-electron chi connectivity index (χ4n) is 1.57. The zero-order valence-electron chi connectivity index (χ0n) is 11.1. The van der Waals surface area contributed by atoms with Crippen molar-refractivity contribution < 1.29 is 19.0 Å². The van der Waals surface area contributed by atoms with E-state index in [-0.39, 0.29) is 18.2 Å². The summed E-state index contributed by atoms with van der Waals surface area (Å²) in [6.07, 6.45) is 0.859. The lowest BCUT2D eigenvalue weighted by atomic mass is 10.1. The molecule has 0 amide bonds. The van der Waals surface area contributed by atoms with Gasteiger partial charge in [0.05, 0.1) is 21.3 Å². The van der Waals surface area contributed by atoms with Crippen LogP contribution in [0.15, 0.2) is 12.1 Å². The van der Waals surface area contributed by atoms with Crippen LogP contribution in [0.2, 0.25) is 0 Å². The number of carbonyl (C=O) groups excluding carboxylic acids is 1. The number of methoxy groups -OCH3 is 3. The van der Waals surface area contributed by atoms with Crippen molar-refractivity contribution in [3.05, 3.63) is 17.7 Å². The molecule has 4 nitrogen and oxygen atoms in total. The molecule has 0 radical (unpaired) electrons. The first kappa shape index (κ1) is 16.6. The van der Waals surface area contributed by atoms with E-state index < -0.39 is 0 Å². The van der Waals surface area contributed by atoms with Gasteiger partial charge in [-0.15, -0.1) is 12.4 Å². The third kappa shape index (κ3) is 3.81. The molecule has 0 unspecified atom stereocenters. The maximum Gasteiger partial charge on any atom is 0.164 e. The van der Waals surface area contributed by atoms with Gasteiger partial charge in [0.2, 0.25) is 0 Å². The average molecular weight is 275 g/mol. The van der Waals surface area contributed by atoms with E-state index in [0.29, 0.717) is 30.1 Å². The second kappa shape index (κ2) is 7.82. The minimum Gasteiger partial charge on any atom is -0.496 e. The molecule has 0 spiro atoms. The predicted molar refractivity (Wildman–Crippen MR) is 72.3 cm³/mol. The highest BCUT2D eigenvalue weighted by molar-refractivity contribution is 5.85. The van der Waals surface area contributed by atoms with Crippen LogP contribution in [0.3, 0.4) is 0 Å². The van der Waals surface area contributed by atoms with Crippen molar-refractivity contribution in [3.8, 4) is 17.2 Å². The molecule has 0 saturated heterocycles. The van der Waals surface area contributed by atoms with Crippen LogP contribution in [0.4, 0.5) is 0 Å². The number of ketones is 1. The molecule has 0 aliphatic carbocycles. The van der Waals surface area contributed by atoms with Crippen LogP contribution < -0.4 is 14.2 Å². The molecular formula is C13H19ClO4. The Kier molecular flexibility index (Phi) is 7.20. The van der Waals surface area contributed by atoms with Gasteiger partial charge in [0.25, 0.3) is 0 Å². The first-order valence-corrected chi connectivity index (χ1v) is 5.46. The third-order valence-corrected chi connectivity index (χ3v) is 2.57. The Labute approximate surface area is 114 Å². The van der Waals surface area contributed by atoms with Crippen LogP contribution in [-0.4, -0.2) is 27.1 Å². The molecule has 0 N–H and O–H groups in total. The van der Waals surface area contributed by atoms with E-state index in [9.17, 15) is 4.79 Å². The molecule has 0 heterocycles. The lowest BCUT2D eigenvalue weighted by Crippen LogP contribution is -2.03. The number of hydrogen-bond acceptors (Lipinski definition) is 4. The molecule has 1 aromatic rings. The summed E-state index contributed by atoms with van der Waals surface area (Å²) in [5.74, 6) is 2.00. The number of ether oxygens (including phenoxy) is 3. The minimum atomic E-state index is 0. The van der Waals surface area contributed by atoms with E-state index in [1.807, 2.05) is 6.92 Å². The molecular weight excluding hydrogens is 256 g/mol. The molecule has 0 aliphatic rings. The van der Waals surface area contributed by atoms with Gasteiger partial charge in [-0.1, -0.05) is 6.92 Å². The highest BCUT2D eigenvalue weighted by Gasteiger charge is 2.13.